The van der Waals surface area contributed by atoms with Gasteiger partial charge >= 0.3 is 0 Å². The summed E-state index contributed by atoms with van der Waals surface area (Å²) in [6.45, 7) is 36.3. The monoisotopic (exact) mass is 718 g/mol. The van der Waals surface area contributed by atoms with Crippen LogP contribution in [0, 0.1) is 23.7 Å². The molecule has 2 aromatic carbocycles. The average Bonchev–Trinajstić information content (AvgIpc) is 3.56. The van der Waals surface area contributed by atoms with Gasteiger partial charge in [-0.3, -0.25) is 14.6 Å². The number of rotatable bonds is 6. The molecule has 52 heavy (non-hydrogen) atoms. The molecule has 0 aliphatic carbocycles. The van der Waals surface area contributed by atoms with Gasteiger partial charge in [0.25, 0.3) is 0 Å². The van der Waals surface area contributed by atoms with Gasteiger partial charge in [0.15, 0.2) is 0 Å². The number of benzene rings is 2. The molecule has 5 heteroatoms. The molecule has 1 aliphatic rings. The Balaban J connectivity index is -0.000000574. The Morgan fingerprint density at radius 2 is 1.13 bits per heavy atom. The molecular weight excluding hydrogens is 639 g/mol. The fourth-order valence-electron chi connectivity index (χ4n) is 4.04. The maximum absolute atomic E-state index is 11.7. The molecule has 2 amide bonds. The zero-order valence-electron chi connectivity index (χ0n) is 36.0. The molecule has 0 bridgehead atoms. The topological polar surface area (TPSA) is 62.3 Å². The summed E-state index contributed by atoms with van der Waals surface area (Å²) in [4.78, 5) is 28.6. The van der Waals surface area contributed by atoms with Crippen molar-refractivity contribution >= 4 is 11.8 Å². The van der Waals surface area contributed by atoms with E-state index in [-0.39, 0.29) is 23.9 Å². The first-order chi connectivity index (χ1) is 24.3. The lowest BCUT2D eigenvalue weighted by molar-refractivity contribution is -0.135. The molecule has 294 valence electrons. The predicted molar refractivity (Wildman–Crippen MR) is 229 cm³/mol. The van der Waals surface area contributed by atoms with E-state index in [2.05, 4.69) is 161 Å². The Morgan fingerprint density at radius 1 is 0.712 bits per heavy atom. The third-order valence-corrected chi connectivity index (χ3v) is 5.96. The van der Waals surface area contributed by atoms with Crippen LogP contribution in [0.5, 0.6) is 0 Å². The number of nitrogens with one attached hydrogen (secondary N) is 1. The Bertz CT molecular complexity index is 1160. The summed E-state index contributed by atoms with van der Waals surface area (Å²) in [5, 5.41) is 2.83. The minimum absolute atomic E-state index is 0.0577. The first kappa shape index (κ1) is 52.6. The lowest BCUT2D eigenvalue weighted by atomic mass is 10.0. The van der Waals surface area contributed by atoms with Crippen molar-refractivity contribution in [1.29, 1.82) is 0 Å². The zero-order valence-corrected chi connectivity index (χ0v) is 36.0. The minimum atomic E-state index is -0.308. The number of hydrogen-bond acceptors (Lipinski definition) is 3. The van der Waals surface area contributed by atoms with E-state index in [1.54, 1.807) is 17.3 Å². The van der Waals surface area contributed by atoms with Gasteiger partial charge in [-0.15, -0.1) is 0 Å². The highest BCUT2D eigenvalue weighted by molar-refractivity contribution is 5.93. The summed E-state index contributed by atoms with van der Waals surface area (Å²) < 4.78 is 0. The second kappa shape index (κ2) is 34.4. The van der Waals surface area contributed by atoms with Crippen molar-refractivity contribution in [1.82, 2.24) is 15.2 Å². The van der Waals surface area contributed by atoms with Gasteiger partial charge in [-0.1, -0.05) is 163 Å². The molecule has 1 atom stereocenters. The van der Waals surface area contributed by atoms with Crippen molar-refractivity contribution in [3.05, 3.63) is 115 Å². The third kappa shape index (κ3) is 37.5. The number of nitrogens with zero attached hydrogens (tertiary/aromatic N) is 2. The Hall–Kier alpha value is -3.73. The van der Waals surface area contributed by atoms with Crippen LogP contribution in [0.1, 0.15) is 134 Å². The molecule has 3 aromatic rings. The Morgan fingerprint density at radius 3 is 1.44 bits per heavy atom. The van der Waals surface area contributed by atoms with Crippen LogP contribution in [0.2, 0.25) is 0 Å². The van der Waals surface area contributed by atoms with Crippen LogP contribution < -0.4 is 5.32 Å². The third-order valence-electron chi connectivity index (χ3n) is 5.96. The maximum atomic E-state index is 11.7. The van der Waals surface area contributed by atoms with Crippen LogP contribution >= 0.6 is 0 Å². The number of pyridine rings is 1. The first-order valence-corrected chi connectivity index (χ1v) is 19.5. The lowest BCUT2D eigenvalue weighted by Gasteiger charge is -2.23. The van der Waals surface area contributed by atoms with Crippen LogP contribution in [0.4, 0.5) is 0 Å². The largest absolute Gasteiger partial charge is 0.352 e. The maximum Gasteiger partial charge on any atom is 0.246 e. The second-order valence-corrected chi connectivity index (χ2v) is 15.9. The van der Waals surface area contributed by atoms with Gasteiger partial charge in [-0.05, 0) is 92.0 Å². The van der Waals surface area contributed by atoms with E-state index in [4.69, 9.17) is 0 Å². The summed E-state index contributed by atoms with van der Waals surface area (Å²) in [6, 6.07) is 26.6. The minimum Gasteiger partial charge on any atom is -0.352 e. The number of carbonyl (C=O) groups is 2. The van der Waals surface area contributed by atoms with E-state index in [1.807, 2.05) is 38.1 Å². The van der Waals surface area contributed by atoms with Gasteiger partial charge in [0, 0.05) is 25.0 Å². The smallest absolute Gasteiger partial charge is 0.246 e. The molecule has 1 unspecified atom stereocenters. The van der Waals surface area contributed by atoms with Crippen molar-refractivity contribution in [2.24, 2.45) is 23.7 Å². The molecular formula is C47H79N3O2. The van der Waals surface area contributed by atoms with Crippen LogP contribution in [0.25, 0.3) is 0 Å². The second-order valence-electron chi connectivity index (χ2n) is 15.9. The van der Waals surface area contributed by atoms with E-state index < -0.39 is 0 Å². The average molecular weight is 718 g/mol. The van der Waals surface area contributed by atoms with Gasteiger partial charge in [-0.25, -0.2) is 0 Å². The van der Waals surface area contributed by atoms with Crippen LogP contribution in [-0.4, -0.2) is 40.3 Å². The number of amides is 2. The highest BCUT2D eigenvalue weighted by Crippen LogP contribution is 2.18. The molecule has 0 radical (unpaired) electrons. The van der Waals surface area contributed by atoms with Gasteiger partial charge < -0.3 is 10.2 Å². The zero-order chi connectivity index (χ0) is 40.5. The molecule has 1 saturated heterocycles. The molecule has 0 spiro atoms. The summed E-state index contributed by atoms with van der Waals surface area (Å²) >= 11 is 0. The van der Waals surface area contributed by atoms with Crippen molar-refractivity contribution < 1.29 is 9.59 Å². The van der Waals surface area contributed by atoms with Crippen molar-refractivity contribution in [2.45, 2.75) is 141 Å². The molecule has 1 N–H and O–H groups in total. The van der Waals surface area contributed by atoms with Crippen molar-refractivity contribution in [3.8, 4) is 0 Å². The van der Waals surface area contributed by atoms with Gasteiger partial charge in [0.2, 0.25) is 11.8 Å². The van der Waals surface area contributed by atoms with E-state index in [1.165, 1.54) is 23.6 Å². The number of hydrogen-bond donors (Lipinski definition) is 1. The fourth-order valence-corrected chi connectivity index (χ4v) is 4.04. The highest BCUT2D eigenvalue weighted by Gasteiger charge is 2.32. The van der Waals surface area contributed by atoms with Gasteiger partial charge in [0.05, 0.1) is 0 Å². The standard InChI is InChI=1S/C11H18N2O2.C10H14.C9H12.C5H5N.3C4H10/c1-4-10(14)13-7-5-6-9(13)11(15)12-8(2)3;1-9(2)8-10-6-4-3-5-7-10;1-8(2)9-6-4-3-5-7-9;1-2-4-6-5-3-1;3*1-4(2)3/h4,8-9H,1,5-7H2,2-3H3,(H,12,15);3-7,9H,8H2,1-2H3;3-8H,1-2H3;1-5H;3*4H,1-3H3. The summed E-state index contributed by atoms with van der Waals surface area (Å²) in [5.74, 6) is 3.71. The molecule has 2 heterocycles. The highest BCUT2D eigenvalue weighted by atomic mass is 16.2. The van der Waals surface area contributed by atoms with E-state index >= 15 is 0 Å². The van der Waals surface area contributed by atoms with Crippen molar-refractivity contribution in [2.75, 3.05) is 6.54 Å². The molecule has 1 aliphatic heterocycles. The molecule has 1 fully saturated rings. The molecule has 1 aromatic heterocycles. The lowest BCUT2D eigenvalue weighted by Crippen LogP contribution is -2.47. The fraction of sp³-hybridized carbons (Fsp3) is 0.553. The quantitative estimate of drug-likeness (QED) is 0.258. The number of aromatic nitrogens is 1. The SMILES string of the molecule is C=CC(=O)N1CCCC1C(=O)NC(C)C.CC(C)C.CC(C)C.CC(C)C.CC(C)Cc1ccccc1.CC(C)c1ccccc1.c1ccncc1. The predicted octanol–water partition coefficient (Wildman–Crippen LogP) is 12.5. The summed E-state index contributed by atoms with van der Waals surface area (Å²) in [7, 11) is 0. The van der Waals surface area contributed by atoms with E-state index in [9.17, 15) is 9.59 Å². The molecule has 4 rings (SSSR count). The Kier molecular flexibility index (Phi) is 34.8. The van der Waals surface area contributed by atoms with Gasteiger partial charge in [0.1, 0.15) is 6.04 Å². The molecule has 0 saturated carbocycles. The van der Waals surface area contributed by atoms with E-state index in [0.29, 0.717) is 12.5 Å². The Labute approximate surface area is 322 Å². The van der Waals surface area contributed by atoms with E-state index in [0.717, 1.165) is 36.5 Å². The summed E-state index contributed by atoms with van der Waals surface area (Å²) in [6.07, 6.45) is 7.59. The number of likely N-dealkylation sites (tertiary alicyclic amines) is 1. The molecule has 5 nitrogen and oxygen atoms in total. The number of carbonyl (C=O) groups excluding carboxylic acids is 2. The van der Waals surface area contributed by atoms with Gasteiger partial charge in [-0.2, -0.15) is 0 Å². The van der Waals surface area contributed by atoms with Crippen molar-refractivity contribution in [3.63, 3.8) is 0 Å². The van der Waals surface area contributed by atoms with Crippen LogP contribution in [-0.2, 0) is 16.0 Å². The van der Waals surface area contributed by atoms with Crippen LogP contribution in [0.15, 0.2) is 104 Å². The normalized spacial score (nSPS) is 12.6. The first-order valence-electron chi connectivity index (χ1n) is 19.5. The summed E-state index contributed by atoms with van der Waals surface area (Å²) in [5.41, 5.74) is 2.86. The van der Waals surface area contributed by atoms with Crippen LogP contribution in [0.3, 0.4) is 0 Å².